The minimum absolute atomic E-state index is 0.00413. The molecule has 1 saturated heterocycles. The molecule has 12 atom stereocenters. The number of allylic oxidation sites excluding steroid dienone is 4. The number of aliphatic hydroxyl groups excluding tert-OH is 2. The Balaban J connectivity index is 0.905. The number of Topliss-reactive ketones (excluding diaryl/α,β-unsaturated/α-hetero) is 1. The Morgan fingerprint density at radius 2 is 1.63 bits per heavy atom. The van der Waals surface area contributed by atoms with Gasteiger partial charge in [0.15, 0.2) is 29.1 Å². The number of halogens is 2. The quantitative estimate of drug-likeness (QED) is 0.201. The second-order valence-corrected chi connectivity index (χ2v) is 19.2. The van der Waals surface area contributed by atoms with E-state index in [9.17, 15) is 43.8 Å². The van der Waals surface area contributed by atoms with Gasteiger partial charge in [-0.05, 0) is 93.4 Å². The maximum Gasteiger partial charge on any atom is 0.253 e. The van der Waals surface area contributed by atoms with Crippen LogP contribution in [0.1, 0.15) is 76.4 Å². The lowest BCUT2D eigenvalue weighted by molar-refractivity contribution is -0.235. The first-order valence-corrected chi connectivity index (χ1v) is 22.7. The van der Waals surface area contributed by atoms with Gasteiger partial charge in [0.25, 0.3) is 11.8 Å². The number of methoxy groups -OCH3 is 1. The normalized spacial score (nSPS) is 33.2. The number of hydrogen-bond donors (Lipinski definition) is 4. The van der Waals surface area contributed by atoms with Gasteiger partial charge in [0.1, 0.15) is 30.6 Å². The molecule has 0 bridgehead atoms. The number of fused-ring (bicyclic) bond motifs is 7. The lowest BCUT2D eigenvalue weighted by atomic mass is 9.44. The molecule has 6 aliphatic rings. The minimum Gasteiger partial charge on any atom is -0.495 e. The van der Waals surface area contributed by atoms with Crippen molar-refractivity contribution in [3.8, 4) is 5.75 Å². The molecule has 2 heterocycles. The number of likely N-dealkylation sites (N-methyl/N-ethyl adjacent to an activating group) is 1. The molecule has 0 spiro atoms. The van der Waals surface area contributed by atoms with Crippen LogP contribution in [0.5, 0.6) is 5.75 Å². The molecule has 2 aliphatic heterocycles. The molecule has 18 heteroatoms. The van der Waals surface area contributed by atoms with Crippen molar-refractivity contribution >= 4 is 46.8 Å². The zero-order valence-electron chi connectivity index (χ0n) is 38.6. The first kappa shape index (κ1) is 48.5. The highest BCUT2D eigenvalue weighted by atomic mass is 19.1. The van der Waals surface area contributed by atoms with E-state index in [1.165, 1.54) is 52.0 Å². The molecule has 362 valence electrons. The maximum absolute atomic E-state index is 17.8. The number of anilines is 1. The molecule has 16 nitrogen and oxygen atoms in total. The van der Waals surface area contributed by atoms with Gasteiger partial charge in [-0.15, -0.1) is 0 Å². The average Bonchev–Trinajstić information content (AvgIpc) is 3.94. The first-order chi connectivity index (χ1) is 32.1. The lowest BCUT2D eigenvalue weighted by Gasteiger charge is -2.63. The Morgan fingerprint density at radius 3 is 2.29 bits per heavy atom. The number of nitrogens with one attached hydrogen (secondary N) is 2. The van der Waals surface area contributed by atoms with E-state index < -0.39 is 118 Å². The standard InChI is InChI=1S/C50H56F2N4O12/c1-26(53-41(61)16-18-56-42(62)13-14-43(56)63)44(64)54-27(2)45(65)55(5)36-12-9-29(20-37(36)66-6)19-28-7-10-30(11-8-28)46-67-40-23-32-33-22-35(51)34-21-31(58)15-17-47(34,3)49(33,52)38(59)24-48(32,4)50(40,68-46)39(60)25-57/h7-15,17,20-21,26-27,32-33,35,38,40,46,57,59H,16,18-19,22-25H2,1-6H3,(H,53,61)(H,54,64)/t26-,27-,32-,33-,35-,38-,40?,46+,47-,48-,49-,50+/m0/s1. The van der Waals surface area contributed by atoms with E-state index in [-0.39, 0.29) is 37.8 Å². The third-order valence-corrected chi connectivity index (χ3v) is 15.5. The van der Waals surface area contributed by atoms with E-state index in [1.807, 2.05) is 18.2 Å². The van der Waals surface area contributed by atoms with Gasteiger partial charge in [-0.3, -0.25) is 38.5 Å². The van der Waals surface area contributed by atoms with Crippen LogP contribution in [0.4, 0.5) is 14.5 Å². The highest BCUT2D eigenvalue weighted by molar-refractivity contribution is 6.13. The molecule has 4 aliphatic carbocycles. The second-order valence-electron chi connectivity index (χ2n) is 19.2. The largest absolute Gasteiger partial charge is 0.495 e. The summed E-state index contributed by atoms with van der Waals surface area (Å²) < 4.78 is 52.5. The zero-order valence-corrected chi connectivity index (χ0v) is 38.6. The molecule has 68 heavy (non-hydrogen) atoms. The van der Waals surface area contributed by atoms with E-state index in [4.69, 9.17) is 14.2 Å². The van der Waals surface area contributed by atoms with Gasteiger partial charge in [0.2, 0.25) is 17.7 Å². The summed E-state index contributed by atoms with van der Waals surface area (Å²) in [4.78, 5) is 90.8. The number of aliphatic hydroxyl groups is 2. The fraction of sp³-hybridized carbons (Fsp3) is 0.500. The third kappa shape index (κ3) is 7.69. The number of hydrogen-bond acceptors (Lipinski definition) is 12. The number of carbonyl (C=O) groups excluding carboxylic acids is 7. The number of carbonyl (C=O) groups is 7. The molecular formula is C50H56F2N4O12. The number of amides is 5. The topological polar surface area (TPSA) is 218 Å². The predicted octanol–water partition coefficient (Wildman–Crippen LogP) is 3.22. The van der Waals surface area contributed by atoms with Crippen LogP contribution >= 0.6 is 0 Å². The number of ketones is 2. The van der Waals surface area contributed by atoms with Crippen LogP contribution in [0.3, 0.4) is 0 Å². The fourth-order valence-corrected chi connectivity index (χ4v) is 11.9. The summed E-state index contributed by atoms with van der Waals surface area (Å²) in [6.07, 6.45) is 0.410. The Bertz CT molecular complexity index is 2530. The average molecular weight is 943 g/mol. The van der Waals surface area contributed by atoms with Crippen molar-refractivity contribution in [3.05, 3.63) is 95.1 Å². The summed E-state index contributed by atoms with van der Waals surface area (Å²) in [5.74, 6) is -5.16. The van der Waals surface area contributed by atoms with E-state index in [0.717, 1.165) is 34.3 Å². The van der Waals surface area contributed by atoms with Crippen molar-refractivity contribution in [1.82, 2.24) is 15.5 Å². The SMILES string of the molecule is COc1cc(Cc2ccc([C@@H]3OC4C[C@H]5[C@@H]6C[C@H](F)C7=CC(=O)C=C[C@]7(C)[C@@]6(F)[C@@H](O)C[C@]5(C)[C@]4(C(=O)CO)O3)cc2)ccc1N(C)C(=O)[C@H](C)NC(=O)[C@H](C)NC(=O)CCN1C(=O)C=CC1=O. The lowest BCUT2D eigenvalue weighted by Crippen LogP contribution is -2.70. The Labute approximate surface area is 391 Å². The van der Waals surface area contributed by atoms with Gasteiger partial charge in [-0.2, -0.15) is 0 Å². The second kappa shape index (κ2) is 17.9. The van der Waals surface area contributed by atoms with Crippen LogP contribution in [-0.2, 0) is 49.5 Å². The molecule has 1 unspecified atom stereocenters. The summed E-state index contributed by atoms with van der Waals surface area (Å²) in [5.41, 5.74) is -4.29. The van der Waals surface area contributed by atoms with Crippen LogP contribution in [0, 0.1) is 22.7 Å². The molecule has 0 radical (unpaired) electrons. The van der Waals surface area contributed by atoms with Gasteiger partial charge >= 0.3 is 0 Å². The molecule has 2 aromatic rings. The third-order valence-electron chi connectivity index (χ3n) is 15.5. The molecule has 2 aromatic carbocycles. The number of nitrogens with zero attached hydrogens (tertiary/aromatic N) is 2. The van der Waals surface area contributed by atoms with E-state index in [2.05, 4.69) is 10.6 Å². The van der Waals surface area contributed by atoms with E-state index in [0.29, 0.717) is 23.4 Å². The number of rotatable bonds is 14. The number of alkyl halides is 2. The molecule has 3 saturated carbocycles. The van der Waals surface area contributed by atoms with E-state index >= 15 is 8.78 Å². The minimum atomic E-state index is -2.36. The summed E-state index contributed by atoms with van der Waals surface area (Å²) in [7, 11) is 3.00. The number of ether oxygens (including phenoxy) is 3. The molecule has 0 aromatic heterocycles. The predicted molar refractivity (Wildman–Crippen MR) is 239 cm³/mol. The molecule has 4 fully saturated rings. The number of imide groups is 1. The summed E-state index contributed by atoms with van der Waals surface area (Å²) >= 11 is 0. The van der Waals surface area contributed by atoms with Crippen LogP contribution in [0.2, 0.25) is 0 Å². The molecule has 5 amide bonds. The van der Waals surface area contributed by atoms with Crippen LogP contribution in [-0.4, -0.2) is 125 Å². The Hall–Kier alpha value is -5.95. The smallest absolute Gasteiger partial charge is 0.253 e. The molecular weight excluding hydrogens is 887 g/mol. The molecule has 4 N–H and O–H groups in total. The Kier molecular flexibility index (Phi) is 12.7. The maximum atomic E-state index is 17.8. The van der Waals surface area contributed by atoms with Crippen LogP contribution in [0.25, 0.3) is 0 Å². The van der Waals surface area contributed by atoms with Crippen molar-refractivity contribution in [2.75, 3.05) is 32.2 Å². The summed E-state index contributed by atoms with van der Waals surface area (Å²) in [6.45, 7) is 5.15. The number of benzene rings is 2. The van der Waals surface area contributed by atoms with Gasteiger partial charge in [0.05, 0.1) is 25.0 Å². The Morgan fingerprint density at radius 1 is 0.956 bits per heavy atom. The van der Waals surface area contributed by atoms with Gasteiger partial charge in [-0.1, -0.05) is 43.3 Å². The van der Waals surface area contributed by atoms with Crippen LogP contribution < -0.4 is 20.3 Å². The van der Waals surface area contributed by atoms with Gasteiger partial charge < -0.3 is 40.0 Å². The van der Waals surface area contributed by atoms with Crippen LogP contribution in [0.15, 0.2) is 78.4 Å². The van der Waals surface area contributed by atoms with Crippen molar-refractivity contribution in [3.63, 3.8) is 0 Å². The highest BCUT2D eigenvalue weighted by Gasteiger charge is 2.80. The van der Waals surface area contributed by atoms with Crippen molar-refractivity contribution in [2.45, 2.75) is 108 Å². The van der Waals surface area contributed by atoms with Crippen molar-refractivity contribution in [2.24, 2.45) is 22.7 Å². The van der Waals surface area contributed by atoms with Crippen molar-refractivity contribution < 1.29 is 66.8 Å². The summed E-state index contributed by atoms with van der Waals surface area (Å²) in [5, 5.41) is 27.3. The van der Waals surface area contributed by atoms with Gasteiger partial charge in [-0.25, -0.2) is 8.78 Å². The highest BCUT2D eigenvalue weighted by Crippen LogP contribution is 2.72. The molecule has 8 rings (SSSR count). The van der Waals surface area contributed by atoms with E-state index in [1.54, 1.807) is 31.2 Å². The van der Waals surface area contributed by atoms with Gasteiger partial charge in [0, 0.05) is 54.5 Å². The monoisotopic (exact) mass is 942 g/mol. The summed E-state index contributed by atoms with van der Waals surface area (Å²) in [6, 6.07) is 10.6. The first-order valence-electron chi connectivity index (χ1n) is 22.7. The zero-order chi connectivity index (χ0) is 49.2. The van der Waals surface area contributed by atoms with Crippen molar-refractivity contribution in [1.29, 1.82) is 0 Å². The fourth-order valence-electron chi connectivity index (χ4n) is 11.9.